The molecule has 23 heavy (non-hydrogen) atoms. The van der Waals surface area contributed by atoms with Gasteiger partial charge in [-0.1, -0.05) is 55.8 Å². The van der Waals surface area contributed by atoms with E-state index < -0.39 is 0 Å². The predicted molar refractivity (Wildman–Crippen MR) is 98.3 cm³/mol. The summed E-state index contributed by atoms with van der Waals surface area (Å²) >= 11 is 6.14. The lowest BCUT2D eigenvalue weighted by Crippen LogP contribution is -2.18. The first kappa shape index (κ1) is 16.0. The van der Waals surface area contributed by atoms with Gasteiger partial charge in [0.15, 0.2) is 0 Å². The number of rotatable bonds is 4. The lowest BCUT2D eigenvalue weighted by molar-refractivity contribution is 0.707. The molecule has 1 aliphatic rings. The zero-order valence-corrected chi connectivity index (χ0v) is 14.3. The maximum atomic E-state index is 6.14. The Morgan fingerprint density at radius 2 is 1.96 bits per heavy atom. The number of hydrazone groups is 1. The van der Waals surface area contributed by atoms with Crippen LogP contribution in [0.5, 0.6) is 0 Å². The minimum absolute atomic E-state index is 0.174. The third kappa shape index (κ3) is 3.41. The molecule has 0 radical (unpaired) electrons. The normalized spacial score (nSPS) is 17.7. The SMILES string of the molecule is CC(C)c1ccc(C2CC(CN)=NN2c2cccc(Cl)c2)cc1. The van der Waals surface area contributed by atoms with Crippen molar-refractivity contribution in [3.8, 4) is 0 Å². The molecule has 120 valence electrons. The molecule has 3 rings (SSSR count). The van der Waals surface area contributed by atoms with E-state index in [0.717, 1.165) is 17.8 Å². The molecule has 0 aromatic heterocycles. The highest BCUT2D eigenvalue weighted by Crippen LogP contribution is 2.36. The van der Waals surface area contributed by atoms with Gasteiger partial charge in [-0.2, -0.15) is 5.10 Å². The Hall–Kier alpha value is -1.84. The molecule has 2 N–H and O–H groups in total. The van der Waals surface area contributed by atoms with E-state index in [4.69, 9.17) is 22.4 Å². The predicted octanol–water partition coefficient (Wildman–Crippen LogP) is 4.73. The molecule has 0 amide bonds. The van der Waals surface area contributed by atoms with Crippen LogP contribution in [0, 0.1) is 0 Å². The van der Waals surface area contributed by atoms with Crippen LogP contribution < -0.4 is 10.7 Å². The van der Waals surface area contributed by atoms with Gasteiger partial charge < -0.3 is 5.73 Å². The average Bonchev–Trinajstić information content (AvgIpc) is 2.99. The summed E-state index contributed by atoms with van der Waals surface area (Å²) in [5.74, 6) is 0.535. The third-order valence-electron chi connectivity index (χ3n) is 4.27. The van der Waals surface area contributed by atoms with Gasteiger partial charge in [0.25, 0.3) is 0 Å². The largest absolute Gasteiger partial charge is 0.325 e. The molecule has 1 heterocycles. The molecule has 0 saturated carbocycles. The van der Waals surface area contributed by atoms with Crippen LogP contribution in [0.4, 0.5) is 5.69 Å². The van der Waals surface area contributed by atoms with Gasteiger partial charge in [-0.25, -0.2) is 0 Å². The second-order valence-electron chi connectivity index (χ2n) is 6.24. The first-order valence-electron chi connectivity index (χ1n) is 7.99. The van der Waals surface area contributed by atoms with Crippen LogP contribution in [-0.2, 0) is 0 Å². The van der Waals surface area contributed by atoms with Gasteiger partial charge in [-0.05, 0) is 35.2 Å². The molecule has 4 heteroatoms. The number of hydrogen-bond donors (Lipinski definition) is 1. The zero-order chi connectivity index (χ0) is 16.4. The third-order valence-corrected chi connectivity index (χ3v) is 4.50. The van der Waals surface area contributed by atoms with E-state index in [0.29, 0.717) is 17.5 Å². The highest BCUT2D eigenvalue weighted by molar-refractivity contribution is 6.30. The Bertz CT molecular complexity index is 707. The van der Waals surface area contributed by atoms with Crippen molar-refractivity contribution in [2.75, 3.05) is 11.6 Å². The minimum Gasteiger partial charge on any atom is -0.325 e. The Labute approximate surface area is 142 Å². The fourth-order valence-corrected chi connectivity index (χ4v) is 3.10. The van der Waals surface area contributed by atoms with Gasteiger partial charge in [0.1, 0.15) is 0 Å². The number of nitrogens with zero attached hydrogens (tertiary/aromatic N) is 2. The van der Waals surface area contributed by atoms with Crippen molar-refractivity contribution >= 4 is 23.0 Å². The molecule has 0 spiro atoms. The summed E-state index contributed by atoms with van der Waals surface area (Å²) in [6.07, 6.45) is 0.851. The fraction of sp³-hybridized carbons (Fsp3) is 0.316. The van der Waals surface area contributed by atoms with Gasteiger partial charge in [-0.3, -0.25) is 5.01 Å². The summed E-state index contributed by atoms with van der Waals surface area (Å²) in [4.78, 5) is 0. The van der Waals surface area contributed by atoms with E-state index in [1.165, 1.54) is 11.1 Å². The van der Waals surface area contributed by atoms with E-state index in [1.54, 1.807) is 0 Å². The smallest absolute Gasteiger partial charge is 0.0828 e. The highest BCUT2D eigenvalue weighted by Gasteiger charge is 2.28. The Morgan fingerprint density at radius 3 is 2.57 bits per heavy atom. The molecule has 0 saturated heterocycles. The summed E-state index contributed by atoms with van der Waals surface area (Å²) in [6, 6.07) is 16.8. The van der Waals surface area contributed by atoms with Crippen LogP contribution in [0.15, 0.2) is 53.6 Å². The van der Waals surface area contributed by atoms with Gasteiger partial charge in [0, 0.05) is 18.0 Å². The van der Waals surface area contributed by atoms with E-state index >= 15 is 0 Å². The van der Waals surface area contributed by atoms with Gasteiger partial charge in [-0.15, -0.1) is 0 Å². The highest BCUT2D eigenvalue weighted by atomic mass is 35.5. The molecule has 0 bridgehead atoms. The number of hydrogen-bond acceptors (Lipinski definition) is 3. The Kier molecular flexibility index (Phi) is 4.69. The van der Waals surface area contributed by atoms with Crippen LogP contribution in [0.3, 0.4) is 0 Å². The number of halogens is 1. The first-order valence-corrected chi connectivity index (χ1v) is 8.37. The topological polar surface area (TPSA) is 41.6 Å². The van der Waals surface area contributed by atoms with E-state index in [9.17, 15) is 0 Å². The second kappa shape index (κ2) is 6.73. The van der Waals surface area contributed by atoms with Crippen LogP contribution >= 0.6 is 11.6 Å². The molecule has 0 aliphatic carbocycles. The molecule has 2 aromatic carbocycles. The molecular weight excluding hydrogens is 306 g/mol. The molecule has 2 aromatic rings. The minimum atomic E-state index is 0.174. The molecule has 1 unspecified atom stereocenters. The van der Waals surface area contributed by atoms with Crippen LogP contribution in [0.2, 0.25) is 5.02 Å². The molecule has 0 fully saturated rings. The van der Waals surface area contributed by atoms with E-state index in [1.807, 2.05) is 29.3 Å². The van der Waals surface area contributed by atoms with Gasteiger partial charge >= 0.3 is 0 Å². The van der Waals surface area contributed by atoms with Crippen molar-refractivity contribution in [2.24, 2.45) is 10.8 Å². The van der Waals surface area contributed by atoms with Gasteiger partial charge in [0.05, 0.1) is 17.4 Å². The first-order chi connectivity index (χ1) is 11.1. The van der Waals surface area contributed by atoms with Crippen LogP contribution in [-0.4, -0.2) is 12.3 Å². The molecule has 1 aliphatic heterocycles. The molecule has 3 nitrogen and oxygen atoms in total. The van der Waals surface area contributed by atoms with Crippen molar-refractivity contribution < 1.29 is 0 Å². The maximum absolute atomic E-state index is 6.14. The lowest BCUT2D eigenvalue weighted by Gasteiger charge is -2.24. The van der Waals surface area contributed by atoms with Crippen molar-refractivity contribution in [3.05, 3.63) is 64.7 Å². The monoisotopic (exact) mass is 327 g/mol. The summed E-state index contributed by atoms with van der Waals surface area (Å²) in [6.45, 7) is 4.90. The van der Waals surface area contributed by atoms with Crippen molar-refractivity contribution in [1.29, 1.82) is 0 Å². The van der Waals surface area contributed by atoms with Crippen LogP contribution in [0.1, 0.15) is 43.4 Å². The fourth-order valence-electron chi connectivity index (χ4n) is 2.92. The lowest BCUT2D eigenvalue weighted by atomic mass is 9.96. The number of anilines is 1. The Balaban J connectivity index is 1.93. The summed E-state index contributed by atoms with van der Waals surface area (Å²) < 4.78 is 0. The molecular formula is C19H22ClN3. The van der Waals surface area contributed by atoms with Crippen LogP contribution in [0.25, 0.3) is 0 Å². The number of nitrogens with two attached hydrogens (primary N) is 1. The summed E-state index contributed by atoms with van der Waals surface area (Å²) in [5.41, 5.74) is 10.4. The second-order valence-corrected chi connectivity index (χ2v) is 6.67. The summed E-state index contributed by atoms with van der Waals surface area (Å²) in [5, 5.41) is 7.46. The molecule has 1 atom stereocenters. The van der Waals surface area contributed by atoms with Crippen molar-refractivity contribution in [3.63, 3.8) is 0 Å². The standard InChI is InChI=1S/C19H22ClN3/c1-13(2)14-6-8-15(9-7-14)19-11-17(12-21)22-23(19)18-5-3-4-16(20)10-18/h3-10,13,19H,11-12,21H2,1-2H3. The summed E-state index contributed by atoms with van der Waals surface area (Å²) in [7, 11) is 0. The van der Waals surface area contributed by atoms with E-state index in [-0.39, 0.29) is 6.04 Å². The average molecular weight is 328 g/mol. The number of benzene rings is 2. The Morgan fingerprint density at radius 1 is 1.22 bits per heavy atom. The maximum Gasteiger partial charge on any atom is 0.0828 e. The quantitative estimate of drug-likeness (QED) is 0.882. The van der Waals surface area contributed by atoms with Crippen molar-refractivity contribution in [2.45, 2.75) is 32.2 Å². The van der Waals surface area contributed by atoms with Crippen molar-refractivity contribution in [1.82, 2.24) is 0 Å². The van der Waals surface area contributed by atoms with E-state index in [2.05, 4.69) is 38.1 Å². The zero-order valence-electron chi connectivity index (χ0n) is 13.5. The van der Waals surface area contributed by atoms with Gasteiger partial charge in [0.2, 0.25) is 0 Å².